The number of halogens is 1. The van der Waals surface area contributed by atoms with Gasteiger partial charge in [-0.25, -0.2) is 4.79 Å². The van der Waals surface area contributed by atoms with Crippen molar-refractivity contribution < 1.29 is 13.6 Å². The predicted octanol–water partition coefficient (Wildman–Crippen LogP) is 3.73. The van der Waals surface area contributed by atoms with E-state index in [0.29, 0.717) is 27.6 Å². The van der Waals surface area contributed by atoms with Crippen molar-refractivity contribution >= 4 is 45.8 Å². The quantitative estimate of drug-likeness (QED) is 0.536. The van der Waals surface area contributed by atoms with Crippen molar-refractivity contribution in [1.82, 2.24) is 10.2 Å². The Labute approximate surface area is 155 Å². The molecule has 0 unspecified atom stereocenters. The summed E-state index contributed by atoms with van der Waals surface area (Å²) in [7, 11) is 0. The second-order valence-corrected chi connectivity index (χ2v) is 7.12. The van der Waals surface area contributed by atoms with Crippen LogP contribution in [0, 0.1) is 0 Å². The van der Waals surface area contributed by atoms with Gasteiger partial charge in [0.25, 0.3) is 5.91 Å². The van der Waals surface area contributed by atoms with Gasteiger partial charge in [-0.1, -0.05) is 34.9 Å². The molecular formula is C17H10ClN3O4S. The molecule has 3 heterocycles. The van der Waals surface area contributed by atoms with Gasteiger partial charge in [-0.3, -0.25) is 10.1 Å². The van der Waals surface area contributed by atoms with Crippen LogP contribution in [-0.2, 0) is 6.42 Å². The third-order valence-corrected chi connectivity index (χ3v) is 4.76. The van der Waals surface area contributed by atoms with Crippen molar-refractivity contribution in [2.75, 3.05) is 5.32 Å². The largest absolute Gasteiger partial charge is 0.422 e. The number of nitrogens with zero attached hydrogens (tertiary/aromatic N) is 2. The van der Waals surface area contributed by atoms with E-state index in [1.54, 1.807) is 30.3 Å². The van der Waals surface area contributed by atoms with Crippen LogP contribution in [0.5, 0.6) is 0 Å². The van der Waals surface area contributed by atoms with Crippen LogP contribution in [0.4, 0.5) is 6.01 Å². The molecule has 0 aliphatic heterocycles. The van der Waals surface area contributed by atoms with Crippen molar-refractivity contribution in [3.8, 4) is 0 Å². The number of benzene rings is 1. The number of hydrogen-bond donors (Lipinski definition) is 1. The Morgan fingerprint density at radius 3 is 2.81 bits per heavy atom. The first-order chi connectivity index (χ1) is 12.6. The van der Waals surface area contributed by atoms with Gasteiger partial charge in [0.05, 0.1) is 10.8 Å². The van der Waals surface area contributed by atoms with Crippen LogP contribution in [-0.4, -0.2) is 16.1 Å². The molecule has 0 bridgehead atoms. The number of amides is 1. The second-order valence-electron chi connectivity index (χ2n) is 5.32. The molecule has 4 aromatic rings. The Morgan fingerprint density at radius 1 is 1.15 bits per heavy atom. The third-order valence-electron chi connectivity index (χ3n) is 3.53. The topological polar surface area (TPSA) is 98.2 Å². The summed E-state index contributed by atoms with van der Waals surface area (Å²) in [5.74, 6) is -0.358. The molecular weight excluding hydrogens is 378 g/mol. The Kier molecular flexibility index (Phi) is 4.27. The molecule has 9 heteroatoms. The van der Waals surface area contributed by atoms with Crippen LogP contribution < -0.4 is 10.9 Å². The second kappa shape index (κ2) is 6.74. The highest BCUT2D eigenvalue weighted by molar-refractivity contribution is 7.16. The van der Waals surface area contributed by atoms with Gasteiger partial charge in [0, 0.05) is 10.3 Å². The predicted molar refractivity (Wildman–Crippen MR) is 96.9 cm³/mol. The molecule has 130 valence electrons. The van der Waals surface area contributed by atoms with E-state index in [4.69, 9.17) is 20.4 Å². The van der Waals surface area contributed by atoms with Gasteiger partial charge in [0.15, 0.2) is 0 Å². The maximum Gasteiger partial charge on any atom is 0.349 e. The summed E-state index contributed by atoms with van der Waals surface area (Å²) in [6, 6.07) is 11.9. The lowest BCUT2D eigenvalue weighted by Crippen LogP contribution is -2.20. The number of carbonyl (C=O) groups excluding carboxylic acids is 1. The molecule has 26 heavy (non-hydrogen) atoms. The first kappa shape index (κ1) is 16.5. The number of hydrogen-bond acceptors (Lipinski definition) is 7. The zero-order chi connectivity index (χ0) is 18.1. The number of para-hydroxylation sites is 1. The normalized spacial score (nSPS) is 11.0. The lowest BCUT2D eigenvalue weighted by atomic mass is 10.2. The fraction of sp³-hybridized carbons (Fsp3) is 0.0588. The van der Waals surface area contributed by atoms with Gasteiger partial charge < -0.3 is 8.83 Å². The molecule has 4 rings (SSSR count). The number of rotatable bonds is 4. The van der Waals surface area contributed by atoms with Crippen molar-refractivity contribution in [3.63, 3.8) is 0 Å². The standard InChI is InChI=1S/C17H10ClN3O4S/c18-13-6-5-10(26-13)8-14-20-21-17(25-14)19-15(22)11-7-9-3-1-2-4-12(9)24-16(11)23/h1-7H,8H2,(H,19,21,22). The fourth-order valence-electron chi connectivity index (χ4n) is 2.36. The highest BCUT2D eigenvalue weighted by Gasteiger charge is 2.17. The van der Waals surface area contributed by atoms with Crippen LogP contribution in [0.15, 0.2) is 56.1 Å². The van der Waals surface area contributed by atoms with Crippen LogP contribution in [0.25, 0.3) is 11.0 Å². The Morgan fingerprint density at radius 2 is 2.00 bits per heavy atom. The average Bonchev–Trinajstić information content (AvgIpc) is 3.23. The van der Waals surface area contributed by atoms with Crippen molar-refractivity contribution in [2.45, 2.75) is 6.42 Å². The van der Waals surface area contributed by atoms with Crippen LogP contribution in [0.3, 0.4) is 0 Å². The lowest BCUT2D eigenvalue weighted by Gasteiger charge is -2.01. The molecule has 1 amide bonds. The number of nitrogens with one attached hydrogen (secondary N) is 1. The molecule has 7 nitrogen and oxygen atoms in total. The molecule has 0 aliphatic carbocycles. The van der Waals surface area contributed by atoms with E-state index in [9.17, 15) is 9.59 Å². The fourth-order valence-corrected chi connectivity index (χ4v) is 3.43. The zero-order valence-electron chi connectivity index (χ0n) is 13.1. The van der Waals surface area contributed by atoms with E-state index < -0.39 is 11.5 Å². The first-order valence-corrected chi connectivity index (χ1v) is 8.69. The van der Waals surface area contributed by atoms with E-state index in [1.807, 2.05) is 6.07 Å². The minimum Gasteiger partial charge on any atom is -0.422 e. The molecule has 0 atom stereocenters. The smallest absolute Gasteiger partial charge is 0.349 e. The van der Waals surface area contributed by atoms with Crippen LogP contribution in [0.1, 0.15) is 21.1 Å². The number of anilines is 1. The molecule has 1 N–H and O–H groups in total. The molecule has 0 aliphatic rings. The number of aromatic nitrogens is 2. The van der Waals surface area contributed by atoms with Gasteiger partial charge in [-0.15, -0.1) is 16.4 Å². The van der Waals surface area contributed by atoms with Gasteiger partial charge in [0.1, 0.15) is 11.1 Å². The van der Waals surface area contributed by atoms with E-state index in [-0.39, 0.29) is 11.6 Å². The summed E-state index contributed by atoms with van der Waals surface area (Å²) in [4.78, 5) is 25.3. The third kappa shape index (κ3) is 3.37. The highest BCUT2D eigenvalue weighted by atomic mass is 35.5. The highest BCUT2D eigenvalue weighted by Crippen LogP contribution is 2.24. The van der Waals surface area contributed by atoms with Gasteiger partial charge in [0.2, 0.25) is 5.89 Å². The van der Waals surface area contributed by atoms with Crippen molar-refractivity contribution in [1.29, 1.82) is 0 Å². The number of thiophene rings is 1. The molecule has 0 saturated heterocycles. The SMILES string of the molecule is O=C(Nc1nnc(Cc2ccc(Cl)s2)o1)c1cc2ccccc2oc1=O. The number of carbonyl (C=O) groups is 1. The first-order valence-electron chi connectivity index (χ1n) is 7.49. The Bertz CT molecular complexity index is 1160. The summed E-state index contributed by atoms with van der Waals surface area (Å²) in [5.41, 5.74) is -0.480. The van der Waals surface area contributed by atoms with E-state index >= 15 is 0 Å². The summed E-state index contributed by atoms with van der Waals surface area (Å²) >= 11 is 7.28. The minimum absolute atomic E-state index is 0.0970. The molecule has 0 radical (unpaired) electrons. The average molecular weight is 388 g/mol. The van der Waals surface area contributed by atoms with E-state index in [0.717, 1.165) is 4.88 Å². The molecule has 0 saturated carbocycles. The summed E-state index contributed by atoms with van der Waals surface area (Å²) < 4.78 is 11.2. The summed E-state index contributed by atoms with van der Waals surface area (Å²) in [5, 5.41) is 10.7. The molecule has 0 fully saturated rings. The van der Waals surface area contributed by atoms with E-state index in [2.05, 4.69) is 15.5 Å². The molecule has 1 aromatic carbocycles. The van der Waals surface area contributed by atoms with E-state index in [1.165, 1.54) is 17.4 Å². The summed E-state index contributed by atoms with van der Waals surface area (Å²) in [6.07, 6.45) is 0.401. The Balaban J connectivity index is 1.53. The Hall–Kier alpha value is -2.97. The van der Waals surface area contributed by atoms with Gasteiger partial charge in [-0.05, 0) is 24.3 Å². The van der Waals surface area contributed by atoms with Gasteiger partial charge >= 0.3 is 11.6 Å². The monoisotopic (exact) mass is 387 g/mol. The van der Waals surface area contributed by atoms with Crippen LogP contribution >= 0.6 is 22.9 Å². The minimum atomic E-state index is -0.742. The zero-order valence-corrected chi connectivity index (χ0v) is 14.6. The number of fused-ring (bicyclic) bond motifs is 1. The van der Waals surface area contributed by atoms with Crippen molar-refractivity contribution in [2.24, 2.45) is 0 Å². The maximum atomic E-state index is 12.3. The van der Waals surface area contributed by atoms with Gasteiger partial charge in [-0.2, -0.15) is 0 Å². The maximum absolute atomic E-state index is 12.3. The van der Waals surface area contributed by atoms with Crippen molar-refractivity contribution in [3.05, 3.63) is 73.6 Å². The lowest BCUT2D eigenvalue weighted by molar-refractivity contribution is 0.102. The molecule has 0 spiro atoms. The molecule has 3 aromatic heterocycles. The van der Waals surface area contributed by atoms with Crippen LogP contribution in [0.2, 0.25) is 4.34 Å². The summed E-state index contributed by atoms with van der Waals surface area (Å²) in [6.45, 7) is 0.